The minimum Gasteiger partial charge on any atom is -0.507 e. The number of rotatable bonds is 1. The second-order valence-corrected chi connectivity index (χ2v) is 6.53. The van der Waals surface area contributed by atoms with Crippen LogP contribution < -0.4 is 5.56 Å². The van der Waals surface area contributed by atoms with Crippen LogP contribution in [0.3, 0.4) is 0 Å². The summed E-state index contributed by atoms with van der Waals surface area (Å²) in [6.45, 7) is 6.06. The van der Waals surface area contributed by atoms with Crippen molar-refractivity contribution in [2.45, 2.75) is 26.2 Å². The SMILES string of the molecule is CC(C)(C)c1cc(O)c(I)c(=O)n1-c1ccccc1. The van der Waals surface area contributed by atoms with Gasteiger partial charge in [0.2, 0.25) is 0 Å². The highest BCUT2D eigenvalue weighted by Gasteiger charge is 2.23. The van der Waals surface area contributed by atoms with Crippen LogP contribution in [0.5, 0.6) is 5.75 Å². The van der Waals surface area contributed by atoms with E-state index in [-0.39, 0.29) is 16.7 Å². The van der Waals surface area contributed by atoms with E-state index < -0.39 is 0 Å². The number of aromatic nitrogens is 1. The Bertz CT molecular complexity index is 654. The van der Waals surface area contributed by atoms with Crippen molar-refractivity contribution < 1.29 is 5.11 Å². The fourth-order valence-electron chi connectivity index (χ4n) is 1.96. The van der Waals surface area contributed by atoms with Gasteiger partial charge in [0.15, 0.2) is 0 Å². The molecule has 19 heavy (non-hydrogen) atoms. The molecular weight excluding hydrogens is 353 g/mol. The van der Waals surface area contributed by atoms with E-state index in [1.807, 2.05) is 73.7 Å². The minimum atomic E-state index is -0.239. The van der Waals surface area contributed by atoms with Crippen LogP contribution in [0.4, 0.5) is 0 Å². The third kappa shape index (κ3) is 2.68. The van der Waals surface area contributed by atoms with Crippen LogP contribution in [0.2, 0.25) is 0 Å². The molecule has 1 N–H and O–H groups in total. The lowest BCUT2D eigenvalue weighted by atomic mass is 9.90. The zero-order valence-corrected chi connectivity index (χ0v) is 13.3. The Morgan fingerprint density at radius 1 is 1.16 bits per heavy atom. The lowest BCUT2D eigenvalue weighted by molar-refractivity contribution is 0.458. The topological polar surface area (TPSA) is 42.2 Å². The molecule has 0 fully saturated rings. The summed E-state index contributed by atoms with van der Waals surface area (Å²) in [5.74, 6) is 0.0442. The number of pyridine rings is 1. The molecule has 100 valence electrons. The molecule has 0 aliphatic rings. The Balaban J connectivity index is 2.86. The number of nitrogens with zero attached hydrogens (tertiary/aromatic N) is 1. The zero-order chi connectivity index (χ0) is 14.2. The molecule has 0 aliphatic heterocycles. The lowest BCUT2D eigenvalue weighted by Gasteiger charge is -2.24. The molecule has 0 atom stereocenters. The summed E-state index contributed by atoms with van der Waals surface area (Å²) in [6, 6.07) is 11.2. The summed E-state index contributed by atoms with van der Waals surface area (Å²) in [5, 5.41) is 9.89. The van der Waals surface area contributed by atoms with Gasteiger partial charge in [-0.3, -0.25) is 9.36 Å². The molecule has 1 aromatic carbocycles. The Morgan fingerprint density at radius 2 is 1.74 bits per heavy atom. The van der Waals surface area contributed by atoms with Crippen LogP contribution in [0.1, 0.15) is 26.5 Å². The number of halogens is 1. The molecule has 2 aromatic rings. The summed E-state index contributed by atoms with van der Waals surface area (Å²) in [7, 11) is 0. The first-order chi connectivity index (χ1) is 8.82. The summed E-state index contributed by atoms with van der Waals surface area (Å²) in [4.78, 5) is 12.5. The zero-order valence-electron chi connectivity index (χ0n) is 11.1. The molecular formula is C15H16INO2. The molecule has 0 bridgehead atoms. The van der Waals surface area contributed by atoms with E-state index in [1.54, 1.807) is 10.6 Å². The highest BCUT2D eigenvalue weighted by Crippen LogP contribution is 2.28. The largest absolute Gasteiger partial charge is 0.507 e. The number of aromatic hydroxyl groups is 1. The Labute approximate surface area is 126 Å². The van der Waals surface area contributed by atoms with Gasteiger partial charge in [-0.05, 0) is 34.7 Å². The van der Waals surface area contributed by atoms with Crippen LogP contribution in [0, 0.1) is 3.57 Å². The summed E-state index contributed by atoms with van der Waals surface area (Å²) in [6.07, 6.45) is 0. The number of hydrogen-bond donors (Lipinski definition) is 1. The van der Waals surface area contributed by atoms with Crippen molar-refractivity contribution in [2.75, 3.05) is 0 Å². The second kappa shape index (κ2) is 5.00. The van der Waals surface area contributed by atoms with Gasteiger partial charge in [0.05, 0.1) is 0 Å². The van der Waals surface area contributed by atoms with Gasteiger partial charge in [-0.1, -0.05) is 39.0 Å². The van der Waals surface area contributed by atoms with Gasteiger partial charge in [0, 0.05) is 22.9 Å². The van der Waals surface area contributed by atoms with Crippen molar-refractivity contribution in [3.8, 4) is 11.4 Å². The third-order valence-corrected chi connectivity index (χ3v) is 3.93. The lowest BCUT2D eigenvalue weighted by Crippen LogP contribution is -2.29. The van der Waals surface area contributed by atoms with Crippen molar-refractivity contribution in [2.24, 2.45) is 0 Å². The van der Waals surface area contributed by atoms with Gasteiger partial charge in [-0.15, -0.1) is 0 Å². The molecule has 0 saturated heterocycles. The molecule has 0 unspecified atom stereocenters. The fraction of sp³-hybridized carbons (Fsp3) is 0.267. The van der Waals surface area contributed by atoms with Crippen molar-refractivity contribution in [3.05, 3.63) is 56.0 Å². The maximum Gasteiger partial charge on any atom is 0.272 e. The normalized spacial score (nSPS) is 11.6. The highest BCUT2D eigenvalue weighted by molar-refractivity contribution is 14.1. The third-order valence-electron chi connectivity index (χ3n) is 2.91. The minimum absolute atomic E-state index is 0.0442. The molecule has 3 nitrogen and oxygen atoms in total. The Hall–Kier alpha value is -1.30. The summed E-state index contributed by atoms with van der Waals surface area (Å²) in [5.41, 5.74) is 1.19. The second-order valence-electron chi connectivity index (χ2n) is 5.45. The quantitative estimate of drug-likeness (QED) is 0.783. The van der Waals surface area contributed by atoms with Crippen LogP contribution in [-0.2, 0) is 5.41 Å². The summed E-state index contributed by atoms with van der Waals surface area (Å²) < 4.78 is 2.01. The van der Waals surface area contributed by atoms with Crippen molar-refractivity contribution in [1.82, 2.24) is 4.57 Å². The van der Waals surface area contributed by atoms with Gasteiger partial charge >= 0.3 is 0 Å². The molecule has 0 saturated carbocycles. The number of hydrogen-bond acceptors (Lipinski definition) is 2. The number of benzene rings is 1. The maximum atomic E-state index is 12.5. The van der Waals surface area contributed by atoms with E-state index in [0.717, 1.165) is 11.4 Å². The molecule has 0 aliphatic carbocycles. The van der Waals surface area contributed by atoms with E-state index >= 15 is 0 Å². The Morgan fingerprint density at radius 3 is 2.26 bits per heavy atom. The molecule has 2 rings (SSSR count). The first kappa shape index (κ1) is 14.1. The van der Waals surface area contributed by atoms with E-state index in [9.17, 15) is 9.90 Å². The first-order valence-corrected chi connectivity index (χ1v) is 7.10. The van der Waals surface area contributed by atoms with Crippen molar-refractivity contribution >= 4 is 22.6 Å². The van der Waals surface area contributed by atoms with Crippen LogP contribution in [-0.4, -0.2) is 9.67 Å². The van der Waals surface area contributed by atoms with Crippen molar-refractivity contribution in [1.29, 1.82) is 0 Å². The van der Waals surface area contributed by atoms with Gasteiger partial charge in [-0.2, -0.15) is 0 Å². The van der Waals surface area contributed by atoms with Crippen LogP contribution in [0.25, 0.3) is 5.69 Å². The van der Waals surface area contributed by atoms with E-state index in [2.05, 4.69) is 0 Å². The van der Waals surface area contributed by atoms with E-state index in [1.165, 1.54) is 0 Å². The van der Waals surface area contributed by atoms with Crippen molar-refractivity contribution in [3.63, 3.8) is 0 Å². The first-order valence-electron chi connectivity index (χ1n) is 6.03. The molecule has 1 heterocycles. The van der Waals surface area contributed by atoms with Gasteiger partial charge < -0.3 is 5.11 Å². The average molecular weight is 369 g/mol. The monoisotopic (exact) mass is 369 g/mol. The average Bonchev–Trinajstić information content (AvgIpc) is 2.35. The van der Waals surface area contributed by atoms with Gasteiger partial charge in [0.1, 0.15) is 9.32 Å². The van der Waals surface area contributed by atoms with Gasteiger partial charge in [0.25, 0.3) is 5.56 Å². The molecule has 0 radical (unpaired) electrons. The summed E-state index contributed by atoms with van der Waals surface area (Å²) >= 11 is 1.88. The fourth-order valence-corrected chi connectivity index (χ4v) is 2.36. The Kier molecular flexibility index (Phi) is 3.71. The molecule has 0 spiro atoms. The number of para-hydroxylation sites is 1. The predicted molar refractivity (Wildman–Crippen MR) is 85.1 cm³/mol. The van der Waals surface area contributed by atoms with E-state index in [4.69, 9.17) is 0 Å². The van der Waals surface area contributed by atoms with E-state index in [0.29, 0.717) is 3.57 Å². The molecule has 0 amide bonds. The molecule has 4 heteroatoms. The smallest absolute Gasteiger partial charge is 0.272 e. The van der Waals surface area contributed by atoms with Crippen LogP contribution >= 0.6 is 22.6 Å². The maximum absolute atomic E-state index is 12.5. The van der Waals surface area contributed by atoms with Gasteiger partial charge in [-0.25, -0.2) is 0 Å². The predicted octanol–water partition coefficient (Wildman–Crippen LogP) is 3.45. The highest BCUT2D eigenvalue weighted by atomic mass is 127. The molecule has 1 aromatic heterocycles. The standard InChI is InChI=1S/C15H16INO2/c1-15(2,3)12-9-11(18)13(16)14(19)17(12)10-7-5-4-6-8-10/h4-9,18H,1-3H3. The van der Waals surface area contributed by atoms with Crippen LogP contribution in [0.15, 0.2) is 41.2 Å².